The van der Waals surface area contributed by atoms with Gasteiger partial charge in [-0.15, -0.1) is 0 Å². The van der Waals surface area contributed by atoms with E-state index < -0.39 is 9.78 Å². The maximum Gasteiger partial charge on any atom is 0.258 e. The summed E-state index contributed by atoms with van der Waals surface area (Å²) in [5.74, 6) is 0.709. The van der Waals surface area contributed by atoms with Crippen molar-refractivity contribution in [1.29, 1.82) is 0 Å². The number of hydrogen-bond acceptors (Lipinski definition) is 5. The normalized spacial score (nSPS) is 15.4. The Morgan fingerprint density at radius 2 is 1.91 bits per heavy atom. The van der Waals surface area contributed by atoms with Crippen LogP contribution in [0.1, 0.15) is 67.4 Å². The summed E-state index contributed by atoms with van der Waals surface area (Å²) < 4.78 is 21.5. The largest absolute Gasteiger partial charge is 0.373 e. The summed E-state index contributed by atoms with van der Waals surface area (Å²) in [7, 11) is 3.40. The Hall–Kier alpha value is -1.34. The van der Waals surface area contributed by atoms with E-state index in [9.17, 15) is 9.18 Å². The van der Waals surface area contributed by atoms with Crippen LogP contribution in [0, 0.1) is 9.49 Å². The number of aryl methyl sites for hydroxylation is 1. The van der Waals surface area contributed by atoms with Crippen LogP contribution in [0.2, 0.25) is 0 Å². The number of benzene rings is 1. The number of halogens is 3. The van der Waals surface area contributed by atoms with E-state index in [0.717, 1.165) is 27.4 Å². The SMILES string of the molecule is CCCC(OC)(c1cc2c(N[C@H](C)c3cccc(C(F)I)c3I)ncnc2n(C)c1=O)C(C)C. The highest BCUT2D eigenvalue weighted by molar-refractivity contribution is 14.1. The number of alkyl halides is 2. The van der Waals surface area contributed by atoms with Crippen molar-refractivity contribution in [3.63, 3.8) is 0 Å². The molecule has 34 heavy (non-hydrogen) atoms. The van der Waals surface area contributed by atoms with Crippen LogP contribution in [0.25, 0.3) is 11.0 Å². The Morgan fingerprint density at radius 3 is 2.50 bits per heavy atom. The van der Waals surface area contributed by atoms with Crippen LogP contribution in [0.5, 0.6) is 0 Å². The average Bonchev–Trinajstić information content (AvgIpc) is 2.80. The second-order valence-corrected chi connectivity index (χ2v) is 11.0. The first-order valence-electron chi connectivity index (χ1n) is 11.3. The van der Waals surface area contributed by atoms with Crippen LogP contribution >= 0.6 is 45.2 Å². The second-order valence-electron chi connectivity index (χ2n) is 8.80. The second kappa shape index (κ2) is 11.2. The first-order chi connectivity index (χ1) is 16.1. The summed E-state index contributed by atoms with van der Waals surface area (Å²) in [4.78, 5) is 22.3. The van der Waals surface area contributed by atoms with Crippen molar-refractivity contribution in [3.8, 4) is 0 Å². The van der Waals surface area contributed by atoms with E-state index in [1.54, 1.807) is 47.4 Å². The van der Waals surface area contributed by atoms with Gasteiger partial charge >= 0.3 is 0 Å². The Bertz CT molecular complexity index is 1230. The number of nitrogens with zero attached hydrogens (tertiary/aromatic N) is 3. The van der Waals surface area contributed by atoms with Crippen LogP contribution in [-0.4, -0.2) is 21.6 Å². The summed E-state index contributed by atoms with van der Waals surface area (Å²) in [6, 6.07) is 7.41. The van der Waals surface area contributed by atoms with Crippen molar-refractivity contribution in [2.75, 3.05) is 12.4 Å². The number of aromatic nitrogens is 3. The molecule has 1 aromatic carbocycles. The van der Waals surface area contributed by atoms with Crippen LogP contribution in [-0.2, 0) is 17.4 Å². The fourth-order valence-corrected chi connectivity index (χ4v) is 6.81. The highest BCUT2D eigenvalue weighted by Crippen LogP contribution is 2.38. The predicted molar refractivity (Wildman–Crippen MR) is 152 cm³/mol. The van der Waals surface area contributed by atoms with E-state index in [1.807, 2.05) is 25.1 Å². The monoisotopic (exact) mass is 692 g/mol. The third-order valence-corrected chi connectivity index (χ3v) is 8.41. The summed E-state index contributed by atoms with van der Waals surface area (Å²) in [6.07, 6.45) is 3.06. The molecule has 0 saturated carbocycles. The smallest absolute Gasteiger partial charge is 0.258 e. The third-order valence-electron chi connectivity index (χ3n) is 6.49. The molecule has 1 N–H and O–H groups in total. The molecule has 0 fully saturated rings. The van der Waals surface area contributed by atoms with Gasteiger partial charge in [0.2, 0.25) is 0 Å². The minimum atomic E-state index is -1.08. The zero-order chi connectivity index (χ0) is 25.2. The lowest BCUT2D eigenvalue weighted by molar-refractivity contribution is -0.0621. The Kier molecular flexibility index (Phi) is 8.94. The minimum absolute atomic E-state index is 0.0915. The summed E-state index contributed by atoms with van der Waals surface area (Å²) >= 11 is 3.98. The van der Waals surface area contributed by atoms with Crippen molar-refractivity contribution in [2.45, 2.75) is 56.4 Å². The lowest BCUT2D eigenvalue weighted by Crippen LogP contribution is -2.41. The third kappa shape index (κ3) is 4.97. The van der Waals surface area contributed by atoms with Crippen LogP contribution in [0.4, 0.5) is 10.2 Å². The molecule has 2 heterocycles. The Morgan fingerprint density at radius 1 is 1.24 bits per heavy atom. The zero-order valence-electron chi connectivity index (χ0n) is 20.3. The molecule has 0 saturated heterocycles. The van der Waals surface area contributed by atoms with E-state index in [0.29, 0.717) is 22.6 Å². The van der Waals surface area contributed by atoms with Gasteiger partial charge in [-0.2, -0.15) is 0 Å². The Balaban J connectivity index is 2.17. The lowest BCUT2D eigenvalue weighted by atomic mass is 9.80. The van der Waals surface area contributed by atoms with Crippen LogP contribution in [0.15, 0.2) is 35.4 Å². The van der Waals surface area contributed by atoms with Gasteiger partial charge in [-0.3, -0.25) is 9.36 Å². The van der Waals surface area contributed by atoms with E-state index in [-0.39, 0.29) is 17.5 Å². The van der Waals surface area contributed by atoms with Gasteiger partial charge in [0, 0.05) is 23.3 Å². The molecule has 3 rings (SSSR count). The summed E-state index contributed by atoms with van der Waals surface area (Å²) in [6.45, 7) is 8.26. The maximum atomic E-state index is 14.1. The van der Waals surface area contributed by atoms with Gasteiger partial charge < -0.3 is 10.1 Å². The first-order valence-corrected chi connectivity index (χ1v) is 13.6. The van der Waals surface area contributed by atoms with Gasteiger partial charge in [-0.25, -0.2) is 14.4 Å². The van der Waals surface area contributed by atoms with E-state index >= 15 is 0 Å². The van der Waals surface area contributed by atoms with Crippen LogP contribution < -0.4 is 10.9 Å². The number of hydrogen-bond donors (Lipinski definition) is 1. The first kappa shape index (κ1) is 27.3. The van der Waals surface area contributed by atoms with E-state index in [2.05, 4.69) is 58.6 Å². The number of anilines is 1. The van der Waals surface area contributed by atoms with Gasteiger partial charge in [-0.05, 0) is 76.1 Å². The molecule has 184 valence electrons. The van der Waals surface area contributed by atoms with Crippen LogP contribution in [0.3, 0.4) is 0 Å². The molecule has 0 bridgehead atoms. The van der Waals surface area contributed by atoms with Gasteiger partial charge in [0.05, 0.1) is 17.0 Å². The molecule has 0 spiro atoms. The molecule has 2 unspecified atom stereocenters. The highest BCUT2D eigenvalue weighted by atomic mass is 127. The number of rotatable bonds is 9. The predicted octanol–water partition coefficient (Wildman–Crippen LogP) is 6.81. The number of methoxy groups -OCH3 is 1. The molecule has 3 aromatic rings. The van der Waals surface area contributed by atoms with Crippen molar-refractivity contribution in [2.24, 2.45) is 13.0 Å². The molecule has 0 aliphatic carbocycles. The van der Waals surface area contributed by atoms with Crippen molar-refractivity contribution in [3.05, 3.63) is 61.2 Å². The van der Waals surface area contributed by atoms with Gasteiger partial charge in [-0.1, -0.05) is 45.4 Å². The number of fused-ring (bicyclic) bond motifs is 1. The summed E-state index contributed by atoms with van der Waals surface area (Å²) in [5.41, 5.74) is 1.96. The van der Waals surface area contributed by atoms with Gasteiger partial charge in [0.25, 0.3) is 5.56 Å². The number of nitrogens with one attached hydrogen (secondary N) is 1. The minimum Gasteiger partial charge on any atom is -0.373 e. The molecule has 9 heteroatoms. The van der Waals surface area contributed by atoms with Gasteiger partial charge in [0.1, 0.15) is 23.4 Å². The topological polar surface area (TPSA) is 69.0 Å². The molecule has 2 aromatic heterocycles. The standard InChI is InChI=1S/C25H31FI2N4O2/c1-7-11-25(34-6,14(2)3)19-12-18-22(29-13-30-23(18)32(5)24(19)33)31-15(4)16-9-8-10-17(20(16)27)21(26)28/h8-10,12-15,21H,7,11H2,1-6H3,(H,29,30,31)/t15-,21?,25?/m1/s1. The summed E-state index contributed by atoms with van der Waals surface area (Å²) in [5, 5.41) is 4.22. The lowest BCUT2D eigenvalue weighted by Gasteiger charge is -2.36. The maximum absolute atomic E-state index is 14.1. The van der Waals surface area contributed by atoms with E-state index in [1.165, 1.54) is 6.33 Å². The quantitative estimate of drug-likeness (QED) is 0.197. The van der Waals surface area contributed by atoms with E-state index in [4.69, 9.17) is 4.74 Å². The van der Waals surface area contributed by atoms with Crippen molar-refractivity contribution < 1.29 is 9.13 Å². The van der Waals surface area contributed by atoms with Crippen molar-refractivity contribution >= 4 is 62.0 Å². The molecular weight excluding hydrogens is 661 g/mol. The molecule has 0 aliphatic heterocycles. The molecule has 0 radical (unpaired) electrons. The zero-order valence-corrected chi connectivity index (χ0v) is 24.6. The molecular formula is C25H31FI2N4O2. The number of pyridine rings is 1. The molecule has 6 nitrogen and oxygen atoms in total. The Labute approximate surface area is 227 Å². The van der Waals surface area contributed by atoms with Crippen molar-refractivity contribution in [1.82, 2.24) is 14.5 Å². The number of ether oxygens (including phenoxy) is 1. The molecule has 0 amide bonds. The molecule has 3 atom stereocenters. The average molecular weight is 692 g/mol. The fourth-order valence-electron chi connectivity index (χ4n) is 4.60. The highest BCUT2D eigenvalue weighted by Gasteiger charge is 2.38. The fraction of sp³-hybridized carbons (Fsp3) is 0.480. The molecule has 0 aliphatic rings. The van der Waals surface area contributed by atoms with Gasteiger partial charge in [0.15, 0.2) is 4.18 Å².